The van der Waals surface area contributed by atoms with Crippen molar-refractivity contribution in [2.24, 2.45) is 0 Å². The molecule has 2 N–H and O–H groups in total. The summed E-state index contributed by atoms with van der Waals surface area (Å²) in [6, 6.07) is 21.3. The topological polar surface area (TPSA) is 89.0 Å². The van der Waals surface area contributed by atoms with Crippen LogP contribution in [0.1, 0.15) is 27.2 Å². The number of pyridine rings is 3. The maximum Gasteiger partial charge on any atom is 0.255 e. The minimum atomic E-state index is -0.201. The lowest BCUT2D eigenvalue weighted by Gasteiger charge is -2.15. The van der Waals surface area contributed by atoms with Gasteiger partial charge in [-0.15, -0.1) is 0 Å². The smallest absolute Gasteiger partial charge is 0.255 e. The molecule has 0 radical (unpaired) electrons. The third kappa shape index (κ3) is 6.02. The molecule has 0 saturated heterocycles. The van der Waals surface area contributed by atoms with Crippen molar-refractivity contribution in [3.63, 3.8) is 0 Å². The van der Waals surface area contributed by atoms with Crippen LogP contribution in [0.5, 0.6) is 0 Å². The average Bonchev–Trinajstić information content (AvgIpc) is 2.89. The highest BCUT2D eigenvalue weighted by molar-refractivity contribution is 5.99. The Labute approximate surface area is 199 Å². The van der Waals surface area contributed by atoms with Crippen LogP contribution >= 0.6 is 0 Å². The number of amides is 1. The zero-order valence-electron chi connectivity index (χ0n) is 19.1. The van der Waals surface area contributed by atoms with Gasteiger partial charge in [-0.25, -0.2) is 4.98 Å². The van der Waals surface area contributed by atoms with Gasteiger partial charge in [-0.3, -0.25) is 14.8 Å². The summed E-state index contributed by atoms with van der Waals surface area (Å²) in [6.45, 7) is 1.46. The lowest BCUT2D eigenvalue weighted by molar-refractivity contribution is 0.0951. The Kier molecular flexibility index (Phi) is 7.92. The SMILES string of the molecule is COCc1ccccc1-c1ccc(C(=O)NCc2cccnc2)c(NCCc2ccccn2)n1. The number of carbonyl (C=O) groups excluding carboxylic acids is 1. The number of benzene rings is 1. The second-order valence-corrected chi connectivity index (χ2v) is 7.72. The first-order valence-electron chi connectivity index (χ1n) is 11.1. The van der Waals surface area contributed by atoms with E-state index in [9.17, 15) is 4.79 Å². The van der Waals surface area contributed by atoms with Crippen LogP contribution in [0.2, 0.25) is 0 Å². The summed E-state index contributed by atoms with van der Waals surface area (Å²) in [5, 5.41) is 6.31. The first-order chi connectivity index (χ1) is 16.7. The third-order valence-electron chi connectivity index (χ3n) is 5.31. The molecule has 0 aliphatic rings. The van der Waals surface area contributed by atoms with Crippen LogP contribution in [0.15, 0.2) is 85.3 Å². The van der Waals surface area contributed by atoms with Crippen molar-refractivity contribution in [1.29, 1.82) is 0 Å². The standard InChI is InChI=1S/C27H27N5O2/c1-34-19-21-8-2-3-10-23(21)25-12-11-24(27(33)31-18-20-7-6-14-28-17-20)26(32-25)30-16-13-22-9-4-5-15-29-22/h2-12,14-15,17H,13,16,18-19H2,1H3,(H,30,32)(H,31,33). The molecule has 0 saturated carbocycles. The number of anilines is 1. The van der Waals surface area contributed by atoms with Crippen LogP contribution in [0.3, 0.4) is 0 Å². The number of ether oxygens (including phenoxy) is 1. The van der Waals surface area contributed by atoms with E-state index >= 15 is 0 Å². The molecule has 0 spiro atoms. The molecule has 0 unspecified atom stereocenters. The highest BCUT2D eigenvalue weighted by Gasteiger charge is 2.16. The highest BCUT2D eigenvalue weighted by atomic mass is 16.5. The van der Waals surface area contributed by atoms with Gasteiger partial charge in [-0.05, 0) is 41.5 Å². The third-order valence-corrected chi connectivity index (χ3v) is 5.31. The predicted octanol–water partition coefficient (Wildman–Crippen LogP) is 4.27. The van der Waals surface area contributed by atoms with E-state index in [0.717, 1.165) is 28.1 Å². The van der Waals surface area contributed by atoms with Crippen LogP contribution in [-0.2, 0) is 24.3 Å². The van der Waals surface area contributed by atoms with Crippen molar-refractivity contribution < 1.29 is 9.53 Å². The van der Waals surface area contributed by atoms with E-state index in [1.165, 1.54) is 0 Å². The van der Waals surface area contributed by atoms with Gasteiger partial charge in [0.1, 0.15) is 5.82 Å². The maximum atomic E-state index is 13.0. The van der Waals surface area contributed by atoms with Gasteiger partial charge < -0.3 is 15.4 Å². The molecule has 34 heavy (non-hydrogen) atoms. The Hall–Kier alpha value is -4.10. The molecule has 7 heteroatoms. The minimum absolute atomic E-state index is 0.201. The summed E-state index contributed by atoms with van der Waals surface area (Å²) in [6.07, 6.45) is 5.93. The zero-order valence-corrected chi connectivity index (χ0v) is 19.1. The Morgan fingerprint density at radius 3 is 2.65 bits per heavy atom. The first-order valence-corrected chi connectivity index (χ1v) is 11.1. The lowest BCUT2D eigenvalue weighted by atomic mass is 10.0. The molecule has 4 aromatic rings. The molecule has 1 aromatic carbocycles. The van der Waals surface area contributed by atoms with Crippen molar-refractivity contribution in [2.75, 3.05) is 19.0 Å². The van der Waals surface area contributed by atoms with Crippen molar-refractivity contribution in [2.45, 2.75) is 19.6 Å². The average molecular weight is 454 g/mol. The fourth-order valence-electron chi connectivity index (χ4n) is 3.61. The molecule has 0 bridgehead atoms. The molecule has 7 nitrogen and oxygen atoms in total. The number of methoxy groups -OCH3 is 1. The highest BCUT2D eigenvalue weighted by Crippen LogP contribution is 2.26. The maximum absolute atomic E-state index is 13.0. The number of hydrogen-bond donors (Lipinski definition) is 2. The summed E-state index contributed by atoms with van der Waals surface area (Å²) in [5.41, 5.74) is 5.16. The van der Waals surface area contributed by atoms with Crippen LogP contribution < -0.4 is 10.6 Å². The molecule has 0 atom stereocenters. The summed E-state index contributed by atoms with van der Waals surface area (Å²) in [7, 11) is 1.67. The molecule has 3 heterocycles. The van der Waals surface area contributed by atoms with Crippen LogP contribution in [0, 0.1) is 0 Å². The molecule has 0 aliphatic carbocycles. The summed E-state index contributed by atoms with van der Waals surface area (Å²) in [5.74, 6) is 0.331. The second kappa shape index (κ2) is 11.7. The van der Waals surface area contributed by atoms with E-state index in [1.54, 1.807) is 25.7 Å². The largest absolute Gasteiger partial charge is 0.380 e. The van der Waals surface area contributed by atoms with Gasteiger partial charge in [-0.2, -0.15) is 0 Å². The number of rotatable bonds is 10. The Balaban J connectivity index is 1.58. The Morgan fingerprint density at radius 1 is 0.971 bits per heavy atom. The van der Waals surface area contributed by atoms with Crippen LogP contribution in [0.4, 0.5) is 5.82 Å². The van der Waals surface area contributed by atoms with Gasteiger partial charge >= 0.3 is 0 Å². The fraction of sp³-hybridized carbons (Fsp3) is 0.185. The molecular weight excluding hydrogens is 426 g/mol. The first kappa shape index (κ1) is 23.1. The van der Waals surface area contributed by atoms with Gasteiger partial charge in [0.05, 0.1) is 17.9 Å². The molecule has 0 aliphatic heterocycles. The molecule has 172 valence electrons. The van der Waals surface area contributed by atoms with Crippen molar-refractivity contribution in [3.8, 4) is 11.3 Å². The van der Waals surface area contributed by atoms with Crippen molar-refractivity contribution in [1.82, 2.24) is 20.3 Å². The van der Waals surface area contributed by atoms with Gasteiger partial charge in [0.15, 0.2) is 0 Å². The van der Waals surface area contributed by atoms with Crippen LogP contribution in [-0.4, -0.2) is 34.5 Å². The fourth-order valence-corrected chi connectivity index (χ4v) is 3.61. The number of aromatic nitrogens is 3. The van der Waals surface area contributed by atoms with E-state index in [1.807, 2.05) is 66.7 Å². The van der Waals surface area contributed by atoms with E-state index in [2.05, 4.69) is 20.6 Å². The number of hydrogen-bond acceptors (Lipinski definition) is 6. The van der Waals surface area contributed by atoms with Crippen molar-refractivity contribution >= 4 is 11.7 Å². The van der Waals surface area contributed by atoms with Crippen LogP contribution in [0.25, 0.3) is 11.3 Å². The summed E-state index contributed by atoms with van der Waals surface area (Å²) < 4.78 is 5.35. The molecule has 0 fully saturated rings. The second-order valence-electron chi connectivity index (χ2n) is 7.72. The van der Waals surface area contributed by atoms with E-state index in [-0.39, 0.29) is 5.91 Å². The lowest BCUT2D eigenvalue weighted by Crippen LogP contribution is -2.25. The van der Waals surface area contributed by atoms with E-state index < -0.39 is 0 Å². The molecule has 1 amide bonds. The summed E-state index contributed by atoms with van der Waals surface area (Å²) in [4.78, 5) is 26.3. The van der Waals surface area contributed by atoms with Gasteiger partial charge in [0.25, 0.3) is 5.91 Å². The van der Waals surface area contributed by atoms with E-state index in [4.69, 9.17) is 9.72 Å². The van der Waals surface area contributed by atoms with Gasteiger partial charge in [0, 0.05) is 56.5 Å². The Morgan fingerprint density at radius 2 is 1.85 bits per heavy atom. The van der Waals surface area contributed by atoms with Gasteiger partial charge in [-0.1, -0.05) is 36.4 Å². The van der Waals surface area contributed by atoms with Crippen molar-refractivity contribution in [3.05, 3.63) is 108 Å². The quantitative estimate of drug-likeness (QED) is 0.373. The Bertz CT molecular complexity index is 1220. The number of carbonyl (C=O) groups is 1. The van der Waals surface area contributed by atoms with Gasteiger partial charge in [0.2, 0.25) is 0 Å². The number of nitrogens with one attached hydrogen (secondary N) is 2. The minimum Gasteiger partial charge on any atom is -0.380 e. The predicted molar refractivity (Wildman–Crippen MR) is 132 cm³/mol. The monoisotopic (exact) mass is 453 g/mol. The zero-order chi connectivity index (χ0) is 23.6. The number of nitrogens with zero attached hydrogens (tertiary/aromatic N) is 3. The molecular formula is C27H27N5O2. The molecule has 4 rings (SSSR count). The van der Waals surface area contributed by atoms with E-state index in [0.29, 0.717) is 37.5 Å². The summed E-state index contributed by atoms with van der Waals surface area (Å²) >= 11 is 0. The molecule has 3 aromatic heterocycles. The normalized spacial score (nSPS) is 10.6.